The number of hydrogen-bond acceptors (Lipinski definition) is 5. The fourth-order valence-corrected chi connectivity index (χ4v) is 2.91. The van der Waals surface area contributed by atoms with Crippen molar-refractivity contribution in [2.45, 2.75) is 19.3 Å². The van der Waals surface area contributed by atoms with Crippen LogP contribution >= 0.6 is 34.4 Å². The van der Waals surface area contributed by atoms with E-state index in [1.54, 1.807) is 6.92 Å². The molecule has 21 heavy (non-hydrogen) atoms. The van der Waals surface area contributed by atoms with Crippen molar-refractivity contribution in [3.63, 3.8) is 0 Å². The van der Waals surface area contributed by atoms with E-state index in [9.17, 15) is 4.79 Å². The SMILES string of the molecule is CCOC(=O)C(Oc1cc(C)c2ncc(I)cc2c1)SC. The largest absolute Gasteiger partial charge is 0.468 e. The zero-order chi connectivity index (χ0) is 15.4. The van der Waals surface area contributed by atoms with Crippen LogP contribution in [0.3, 0.4) is 0 Å². The van der Waals surface area contributed by atoms with Crippen LogP contribution in [-0.4, -0.2) is 29.3 Å². The van der Waals surface area contributed by atoms with Crippen LogP contribution in [0, 0.1) is 10.5 Å². The molecule has 0 saturated carbocycles. The highest BCUT2D eigenvalue weighted by Gasteiger charge is 2.20. The minimum absolute atomic E-state index is 0.345. The van der Waals surface area contributed by atoms with Gasteiger partial charge in [0.25, 0.3) is 0 Å². The maximum absolute atomic E-state index is 11.8. The highest BCUT2D eigenvalue weighted by Crippen LogP contribution is 2.27. The molecule has 112 valence electrons. The fourth-order valence-electron chi connectivity index (χ4n) is 1.97. The number of benzene rings is 1. The summed E-state index contributed by atoms with van der Waals surface area (Å²) in [6.45, 7) is 4.11. The summed E-state index contributed by atoms with van der Waals surface area (Å²) in [5.74, 6) is 0.291. The Morgan fingerprint density at radius 1 is 1.43 bits per heavy atom. The minimum atomic E-state index is -0.655. The summed E-state index contributed by atoms with van der Waals surface area (Å²) in [5, 5.41) is 1.00. The van der Waals surface area contributed by atoms with Gasteiger partial charge in [0, 0.05) is 15.2 Å². The van der Waals surface area contributed by atoms with Crippen LogP contribution in [0.15, 0.2) is 24.4 Å². The molecule has 2 aromatic rings. The zero-order valence-electron chi connectivity index (χ0n) is 12.1. The highest BCUT2D eigenvalue weighted by atomic mass is 127. The number of halogens is 1. The number of hydrogen-bond donors (Lipinski definition) is 0. The van der Waals surface area contributed by atoms with Crippen molar-refractivity contribution in [2.75, 3.05) is 12.9 Å². The molecule has 1 aromatic carbocycles. The molecular formula is C15H16INO3S. The maximum Gasteiger partial charge on any atom is 0.358 e. The van der Waals surface area contributed by atoms with E-state index >= 15 is 0 Å². The van der Waals surface area contributed by atoms with Gasteiger partial charge < -0.3 is 9.47 Å². The second kappa shape index (κ2) is 7.31. The van der Waals surface area contributed by atoms with Gasteiger partial charge in [0.1, 0.15) is 5.75 Å². The van der Waals surface area contributed by atoms with E-state index < -0.39 is 5.44 Å². The molecule has 1 aromatic heterocycles. The molecule has 0 amide bonds. The van der Waals surface area contributed by atoms with Crippen molar-refractivity contribution in [1.29, 1.82) is 0 Å². The summed E-state index contributed by atoms with van der Waals surface area (Å²) in [4.78, 5) is 16.2. The second-order valence-electron chi connectivity index (χ2n) is 4.40. The Kier molecular flexibility index (Phi) is 5.69. The third kappa shape index (κ3) is 4.00. The number of carbonyl (C=O) groups excluding carboxylic acids is 1. The lowest BCUT2D eigenvalue weighted by Crippen LogP contribution is -2.25. The molecule has 0 aliphatic heterocycles. The smallest absolute Gasteiger partial charge is 0.358 e. The van der Waals surface area contributed by atoms with Crippen molar-refractivity contribution < 1.29 is 14.3 Å². The first-order valence-corrected chi connectivity index (χ1v) is 8.83. The van der Waals surface area contributed by atoms with E-state index in [1.807, 2.05) is 37.6 Å². The standard InChI is InChI=1S/C15H16INO3S/c1-4-19-14(18)15(21-3)20-12-5-9(2)13-10(7-12)6-11(16)8-17-13/h5-8,15H,4H2,1-3H3. The second-order valence-corrected chi connectivity index (χ2v) is 6.55. The Morgan fingerprint density at radius 3 is 2.86 bits per heavy atom. The Labute approximate surface area is 141 Å². The highest BCUT2D eigenvalue weighted by molar-refractivity contribution is 14.1. The molecule has 2 rings (SSSR count). The van der Waals surface area contributed by atoms with Crippen molar-refractivity contribution in [3.05, 3.63) is 33.5 Å². The molecule has 1 atom stereocenters. The minimum Gasteiger partial charge on any atom is -0.468 e. The lowest BCUT2D eigenvalue weighted by Gasteiger charge is -2.16. The molecule has 1 heterocycles. The molecule has 0 aliphatic rings. The van der Waals surface area contributed by atoms with Crippen LogP contribution in [0.25, 0.3) is 10.9 Å². The van der Waals surface area contributed by atoms with Gasteiger partial charge in [-0.1, -0.05) is 0 Å². The van der Waals surface area contributed by atoms with Gasteiger partial charge in [0.05, 0.1) is 12.1 Å². The normalized spacial score (nSPS) is 12.2. The number of esters is 1. The van der Waals surface area contributed by atoms with E-state index in [-0.39, 0.29) is 5.97 Å². The fraction of sp³-hybridized carbons (Fsp3) is 0.333. The zero-order valence-corrected chi connectivity index (χ0v) is 15.0. The topological polar surface area (TPSA) is 48.4 Å². The number of thioether (sulfide) groups is 1. The van der Waals surface area contributed by atoms with Gasteiger partial charge in [-0.2, -0.15) is 0 Å². The predicted molar refractivity (Wildman–Crippen MR) is 93.8 cm³/mol. The van der Waals surface area contributed by atoms with Crippen LogP contribution in [0.4, 0.5) is 0 Å². The molecule has 0 N–H and O–H groups in total. The molecule has 0 spiro atoms. The number of aromatic nitrogens is 1. The Hall–Kier alpha value is -1.02. The first kappa shape index (κ1) is 16.4. The van der Waals surface area contributed by atoms with Gasteiger partial charge in [-0.15, -0.1) is 11.8 Å². The van der Waals surface area contributed by atoms with Gasteiger partial charge in [0.15, 0.2) is 0 Å². The molecule has 0 saturated heterocycles. The van der Waals surface area contributed by atoms with Crippen LogP contribution in [0.1, 0.15) is 12.5 Å². The lowest BCUT2D eigenvalue weighted by atomic mass is 10.1. The molecule has 0 fully saturated rings. The van der Waals surface area contributed by atoms with Gasteiger partial charge in [-0.25, -0.2) is 4.79 Å². The van der Waals surface area contributed by atoms with Gasteiger partial charge in [0.2, 0.25) is 5.44 Å². The molecule has 0 bridgehead atoms. The summed E-state index contributed by atoms with van der Waals surface area (Å²) in [7, 11) is 0. The van der Waals surface area contributed by atoms with Crippen molar-refractivity contribution >= 4 is 51.2 Å². The van der Waals surface area contributed by atoms with Crippen molar-refractivity contribution in [2.24, 2.45) is 0 Å². The molecule has 6 heteroatoms. The lowest BCUT2D eigenvalue weighted by molar-refractivity contribution is -0.147. The summed E-state index contributed by atoms with van der Waals surface area (Å²) >= 11 is 3.54. The third-order valence-electron chi connectivity index (χ3n) is 2.85. The van der Waals surface area contributed by atoms with Crippen molar-refractivity contribution in [3.8, 4) is 5.75 Å². The molecule has 1 unspecified atom stereocenters. The molecule has 0 aliphatic carbocycles. The molecular weight excluding hydrogens is 401 g/mol. The summed E-state index contributed by atoms with van der Waals surface area (Å²) < 4.78 is 11.8. The van der Waals surface area contributed by atoms with Crippen LogP contribution < -0.4 is 4.74 Å². The third-order valence-corrected chi connectivity index (χ3v) is 4.16. The number of pyridine rings is 1. The van der Waals surface area contributed by atoms with Crippen LogP contribution in [0.5, 0.6) is 5.75 Å². The van der Waals surface area contributed by atoms with Crippen LogP contribution in [-0.2, 0) is 9.53 Å². The monoisotopic (exact) mass is 417 g/mol. The number of carbonyl (C=O) groups is 1. The number of ether oxygens (including phenoxy) is 2. The first-order chi connectivity index (χ1) is 10.0. The average molecular weight is 417 g/mol. The van der Waals surface area contributed by atoms with E-state index in [4.69, 9.17) is 9.47 Å². The van der Waals surface area contributed by atoms with Crippen molar-refractivity contribution in [1.82, 2.24) is 4.98 Å². The Bertz CT molecular complexity index is 663. The van der Waals surface area contributed by atoms with Gasteiger partial charge in [-0.3, -0.25) is 4.98 Å². The predicted octanol–water partition coefficient (Wildman–Crippen LogP) is 3.78. The number of fused-ring (bicyclic) bond motifs is 1. The van der Waals surface area contributed by atoms with E-state index in [0.717, 1.165) is 20.0 Å². The summed E-state index contributed by atoms with van der Waals surface area (Å²) in [6, 6.07) is 5.84. The van der Waals surface area contributed by atoms with Gasteiger partial charge >= 0.3 is 5.97 Å². The molecule has 4 nitrogen and oxygen atoms in total. The van der Waals surface area contributed by atoms with Gasteiger partial charge in [-0.05, 0) is 66.5 Å². The summed E-state index contributed by atoms with van der Waals surface area (Å²) in [6.07, 6.45) is 3.65. The van der Waals surface area contributed by atoms with E-state index in [2.05, 4.69) is 27.6 Å². The number of aryl methyl sites for hydroxylation is 1. The average Bonchev–Trinajstić information content (AvgIpc) is 2.44. The molecule has 0 radical (unpaired) electrons. The first-order valence-electron chi connectivity index (χ1n) is 6.47. The van der Waals surface area contributed by atoms with E-state index in [0.29, 0.717) is 12.4 Å². The quantitative estimate of drug-likeness (QED) is 0.421. The van der Waals surface area contributed by atoms with Crippen LogP contribution in [0.2, 0.25) is 0 Å². The Balaban J connectivity index is 2.31. The van der Waals surface area contributed by atoms with E-state index in [1.165, 1.54) is 11.8 Å². The Morgan fingerprint density at radius 2 is 2.19 bits per heavy atom. The summed E-state index contributed by atoms with van der Waals surface area (Å²) in [5.41, 5.74) is 1.31. The number of nitrogens with zero attached hydrogens (tertiary/aromatic N) is 1. The maximum atomic E-state index is 11.8. The number of rotatable bonds is 5.